The van der Waals surface area contributed by atoms with E-state index in [1.165, 1.54) is 4.90 Å². The Balaban J connectivity index is 2.52. The SMILES string of the molecule is CN(C)C(=O)Cn1c(N)nc2ccc(C#N)cc21. The first-order valence-electron chi connectivity index (χ1n) is 5.39. The molecule has 0 unspecified atom stereocenters. The van der Waals surface area contributed by atoms with Gasteiger partial charge in [0.05, 0.1) is 22.7 Å². The zero-order valence-electron chi connectivity index (χ0n) is 10.2. The van der Waals surface area contributed by atoms with Crippen molar-refractivity contribution >= 4 is 22.9 Å². The third-order valence-electron chi connectivity index (χ3n) is 2.70. The van der Waals surface area contributed by atoms with Crippen LogP contribution in [-0.2, 0) is 11.3 Å². The first-order chi connectivity index (χ1) is 8.52. The maximum atomic E-state index is 11.7. The molecule has 92 valence electrons. The number of anilines is 1. The van der Waals surface area contributed by atoms with Crippen LogP contribution in [0.15, 0.2) is 18.2 Å². The summed E-state index contributed by atoms with van der Waals surface area (Å²) in [6.45, 7) is 0.115. The summed E-state index contributed by atoms with van der Waals surface area (Å²) in [4.78, 5) is 17.4. The van der Waals surface area contributed by atoms with Crippen LogP contribution >= 0.6 is 0 Å². The molecule has 1 aromatic carbocycles. The topological polar surface area (TPSA) is 87.9 Å². The molecule has 0 bridgehead atoms. The number of nitriles is 1. The minimum Gasteiger partial charge on any atom is -0.369 e. The number of nitrogen functional groups attached to an aromatic ring is 1. The van der Waals surface area contributed by atoms with Crippen LogP contribution in [0.5, 0.6) is 0 Å². The van der Waals surface area contributed by atoms with Crippen LogP contribution in [0.25, 0.3) is 11.0 Å². The largest absolute Gasteiger partial charge is 0.369 e. The van der Waals surface area contributed by atoms with Crippen molar-refractivity contribution in [3.63, 3.8) is 0 Å². The molecule has 0 aliphatic rings. The Labute approximate surface area is 104 Å². The molecule has 1 heterocycles. The summed E-state index contributed by atoms with van der Waals surface area (Å²) in [6, 6.07) is 7.13. The fourth-order valence-corrected chi connectivity index (χ4v) is 1.65. The highest BCUT2D eigenvalue weighted by Gasteiger charge is 2.13. The molecule has 2 N–H and O–H groups in total. The lowest BCUT2D eigenvalue weighted by Gasteiger charge is -2.12. The fraction of sp³-hybridized carbons (Fsp3) is 0.250. The average molecular weight is 243 g/mol. The summed E-state index contributed by atoms with van der Waals surface area (Å²) in [6.07, 6.45) is 0. The molecule has 0 saturated heterocycles. The molecule has 0 saturated carbocycles. The van der Waals surface area contributed by atoms with Crippen LogP contribution in [0.2, 0.25) is 0 Å². The minimum atomic E-state index is -0.0802. The van der Waals surface area contributed by atoms with E-state index in [1.807, 2.05) is 0 Å². The third kappa shape index (κ3) is 1.98. The van der Waals surface area contributed by atoms with E-state index in [9.17, 15) is 4.79 Å². The number of aromatic nitrogens is 2. The van der Waals surface area contributed by atoms with E-state index in [-0.39, 0.29) is 18.4 Å². The summed E-state index contributed by atoms with van der Waals surface area (Å²) in [5, 5.41) is 8.88. The second-order valence-electron chi connectivity index (χ2n) is 4.16. The Hall–Kier alpha value is -2.55. The van der Waals surface area contributed by atoms with Crippen LogP contribution in [0.1, 0.15) is 5.56 Å². The highest BCUT2D eigenvalue weighted by molar-refractivity contribution is 5.83. The number of imidazole rings is 1. The lowest BCUT2D eigenvalue weighted by atomic mass is 10.2. The predicted octanol–water partition coefficient (Wildman–Crippen LogP) is 0.578. The molecule has 0 spiro atoms. The number of nitrogens with two attached hydrogens (primary N) is 1. The lowest BCUT2D eigenvalue weighted by molar-refractivity contribution is -0.129. The first-order valence-corrected chi connectivity index (χ1v) is 5.39. The zero-order chi connectivity index (χ0) is 13.3. The molecule has 18 heavy (non-hydrogen) atoms. The van der Waals surface area contributed by atoms with Crippen LogP contribution in [0, 0.1) is 11.3 Å². The number of hydrogen-bond acceptors (Lipinski definition) is 4. The van der Waals surface area contributed by atoms with Crippen molar-refractivity contribution in [2.75, 3.05) is 19.8 Å². The number of benzene rings is 1. The van der Waals surface area contributed by atoms with Crippen LogP contribution in [-0.4, -0.2) is 34.5 Å². The van der Waals surface area contributed by atoms with Gasteiger partial charge < -0.3 is 15.2 Å². The van der Waals surface area contributed by atoms with Gasteiger partial charge in [-0.05, 0) is 18.2 Å². The van der Waals surface area contributed by atoms with E-state index in [4.69, 9.17) is 11.0 Å². The highest BCUT2D eigenvalue weighted by Crippen LogP contribution is 2.19. The van der Waals surface area contributed by atoms with Crippen LogP contribution in [0.3, 0.4) is 0 Å². The van der Waals surface area contributed by atoms with Gasteiger partial charge in [0.1, 0.15) is 6.54 Å². The van der Waals surface area contributed by atoms with Gasteiger partial charge in [-0.15, -0.1) is 0 Å². The normalized spacial score (nSPS) is 10.3. The first kappa shape index (κ1) is 11.9. The molecule has 1 aromatic heterocycles. The number of nitrogens with zero attached hydrogens (tertiary/aromatic N) is 4. The van der Waals surface area contributed by atoms with Gasteiger partial charge in [0.15, 0.2) is 0 Å². The predicted molar refractivity (Wildman–Crippen MR) is 67.6 cm³/mol. The number of amides is 1. The van der Waals surface area contributed by atoms with Gasteiger partial charge >= 0.3 is 0 Å². The summed E-state index contributed by atoms with van der Waals surface area (Å²) in [5.41, 5.74) is 7.68. The third-order valence-corrected chi connectivity index (χ3v) is 2.70. The van der Waals surface area contributed by atoms with Crippen molar-refractivity contribution in [3.05, 3.63) is 23.8 Å². The lowest BCUT2D eigenvalue weighted by Crippen LogP contribution is -2.26. The fourth-order valence-electron chi connectivity index (χ4n) is 1.65. The van der Waals surface area contributed by atoms with E-state index < -0.39 is 0 Å². The highest BCUT2D eigenvalue weighted by atomic mass is 16.2. The molecule has 0 radical (unpaired) electrons. The number of carbonyl (C=O) groups excluding carboxylic acids is 1. The molecule has 0 atom stereocenters. The van der Waals surface area contributed by atoms with Crippen molar-refractivity contribution in [1.82, 2.24) is 14.5 Å². The van der Waals surface area contributed by atoms with E-state index in [1.54, 1.807) is 36.9 Å². The number of hydrogen-bond donors (Lipinski definition) is 1. The zero-order valence-corrected chi connectivity index (χ0v) is 10.2. The Kier molecular flexibility index (Phi) is 2.90. The molecule has 0 aliphatic heterocycles. The monoisotopic (exact) mass is 243 g/mol. The Morgan fingerprint density at radius 2 is 2.28 bits per heavy atom. The summed E-state index contributed by atoms with van der Waals surface area (Å²) in [5.74, 6) is 0.193. The summed E-state index contributed by atoms with van der Waals surface area (Å²) in [7, 11) is 3.36. The second kappa shape index (κ2) is 4.37. The van der Waals surface area contributed by atoms with Crippen molar-refractivity contribution in [1.29, 1.82) is 5.26 Å². The molecule has 0 fully saturated rings. The van der Waals surface area contributed by atoms with Gasteiger partial charge in [0.2, 0.25) is 11.9 Å². The molecule has 2 aromatic rings. The van der Waals surface area contributed by atoms with E-state index in [0.29, 0.717) is 16.6 Å². The smallest absolute Gasteiger partial charge is 0.242 e. The number of fused-ring (bicyclic) bond motifs is 1. The van der Waals surface area contributed by atoms with Gasteiger partial charge in [0.25, 0.3) is 0 Å². The molecule has 6 heteroatoms. The standard InChI is InChI=1S/C12H13N5O/c1-16(2)11(18)7-17-10-5-8(6-13)3-4-9(10)15-12(17)14/h3-5H,7H2,1-2H3,(H2,14,15). The van der Waals surface area contributed by atoms with Crippen LogP contribution < -0.4 is 5.73 Å². The van der Waals surface area contributed by atoms with Gasteiger partial charge in [-0.2, -0.15) is 5.26 Å². The Morgan fingerprint density at radius 1 is 1.56 bits per heavy atom. The van der Waals surface area contributed by atoms with E-state index >= 15 is 0 Å². The van der Waals surface area contributed by atoms with Crippen molar-refractivity contribution in [2.24, 2.45) is 0 Å². The molecule has 2 rings (SSSR count). The maximum absolute atomic E-state index is 11.7. The van der Waals surface area contributed by atoms with Gasteiger partial charge in [-0.25, -0.2) is 4.98 Å². The van der Waals surface area contributed by atoms with Crippen molar-refractivity contribution in [2.45, 2.75) is 6.54 Å². The number of rotatable bonds is 2. The van der Waals surface area contributed by atoms with E-state index in [2.05, 4.69) is 11.1 Å². The molecule has 0 aliphatic carbocycles. The van der Waals surface area contributed by atoms with E-state index in [0.717, 1.165) is 0 Å². The molecular weight excluding hydrogens is 230 g/mol. The maximum Gasteiger partial charge on any atom is 0.242 e. The van der Waals surface area contributed by atoms with Gasteiger partial charge in [-0.3, -0.25) is 4.79 Å². The Bertz CT molecular complexity index is 650. The van der Waals surface area contributed by atoms with Gasteiger partial charge in [0, 0.05) is 14.1 Å². The van der Waals surface area contributed by atoms with Crippen molar-refractivity contribution in [3.8, 4) is 6.07 Å². The molecule has 6 nitrogen and oxygen atoms in total. The van der Waals surface area contributed by atoms with Crippen molar-refractivity contribution < 1.29 is 4.79 Å². The Morgan fingerprint density at radius 3 is 2.89 bits per heavy atom. The minimum absolute atomic E-state index is 0.0802. The quantitative estimate of drug-likeness (QED) is 0.835. The average Bonchev–Trinajstić information content (AvgIpc) is 2.65. The van der Waals surface area contributed by atoms with Crippen LogP contribution in [0.4, 0.5) is 5.95 Å². The molecule has 1 amide bonds. The number of likely N-dealkylation sites (N-methyl/N-ethyl adjacent to an activating group) is 1. The second-order valence-corrected chi connectivity index (χ2v) is 4.16. The van der Waals surface area contributed by atoms with Gasteiger partial charge in [-0.1, -0.05) is 0 Å². The summed E-state index contributed by atoms with van der Waals surface area (Å²) < 4.78 is 1.61. The number of carbonyl (C=O) groups is 1. The molecular formula is C12H13N5O. The summed E-state index contributed by atoms with van der Waals surface area (Å²) >= 11 is 0.